The van der Waals surface area contributed by atoms with Crippen LogP contribution in [0.5, 0.6) is 0 Å². The maximum atomic E-state index is 12.2. The standard InChI is InChI=1S/C12H12ClNO3S/c1-6(2)14-5-8(12(16)17-3)10(15)7-4-9(13)18-11(7)14/h4-6H,1-3H3. The van der Waals surface area contributed by atoms with E-state index in [-0.39, 0.29) is 17.0 Å². The van der Waals surface area contributed by atoms with Crippen LogP contribution >= 0.6 is 22.9 Å². The molecule has 0 aromatic carbocycles. The van der Waals surface area contributed by atoms with Crippen LogP contribution in [0, 0.1) is 0 Å². The summed E-state index contributed by atoms with van der Waals surface area (Å²) in [5.41, 5.74) is -0.301. The summed E-state index contributed by atoms with van der Waals surface area (Å²) in [6, 6.07) is 1.71. The van der Waals surface area contributed by atoms with Crippen molar-refractivity contribution in [3.8, 4) is 0 Å². The average molecular weight is 286 g/mol. The minimum absolute atomic E-state index is 0.0353. The second-order valence-electron chi connectivity index (χ2n) is 4.13. The van der Waals surface area contributed by atoms with Gasteiger partial charge in [-0.3, -0.25) is 4.79 Å². The Morgan fingerprint density at radius 1 is 1.50 bits per heavy atom. The van der Waals surface area contributed by atoms with Crippen molar-refractivity contribution in [2.24, 2.45) is 0 Å². The van der Waals surface area contributed by atoms with E-state index in [9.17, 15) is 9.59 Å². The fraction of sp³-hybridized carbons (Fsp3) is 0.333. The molecule has 0 unspecified atom stereocenters. The Bertz CT molecular complexity index is 672. The number of ether oxygens (including phenoxy) is 1. The number of pyridine rings is 1. The molecule has 0 saturated carbocycles. The van der Waals surface area contributed by atoms with E-state index < -0.39 is 5.97 Å². The molecule has 0 aliphatic carbocycles. The monoisotopic (exact) mass is 285 g/mol. The first-order valence-electron chi connectivity index (χ1n) is 5.38. The summed E-state index contributed by atoms with van der Waals surface area (Å²) < 4.78 is 7.01. The summed E-state index contributed by atoms with van der Waals surface area (Å²) in [5, 5.41) is 0.460. The highest BCUT2D eigenvalue weighted by Gasteiger charge is 2.18. The summed E-state index contributed by atoms with van der Waals surface area (Å²) in [7, 11) is 1.26. The lowest BCUT2D eigenvalue weighted by Crippen LogP contribution is -2.19. The number of carbonyl (C=O) groups excluding carboxylic acids is 1. The molecule has 0 bridgehead atoms. The number of esters is 1. The van der Waals surface area contributed by atoms with Gasteiger partial charge in [-0.25, -0.2) is 4.79 Å². The first-order chi connectivity index (χ1) is 8.45. The largest absolute Gasteiger partial charge is 0.465 e. The van der Waals surface area contributed by atoms with Crippen LogP contribution in [0.2, 0.25) is 4.34 Å². The molecule has 0 N–H and O–H groups in total. The van der Waals surface area contributed by atoms with Crippen LogP contribution < -0.4 is 5.43 Å². The Balaban J connectivity index is 2.87. The first-order valence-corrected chi connectivity index (χ1v) is 6.57. The van der Waals surface area contributed by atoms with E-state index >= 15 is 0 Å². The number of methoxy groups -OCH3 is 1. The molecular weight excluding hydrogens is 274 g/mol. The maximum Gasteiger partial charge on any atom is 0.343 e. The molecule has 6 heteroatoms. The highest BCUT2D eigenvalue weighted by atomic mass is 35.5. The normalized spacial score (nSPS) is 11.2. The lowest BCUT2D eigenvalue weighted by Gasteiger charge is -2.13. The second-order valence-corrected chi connectivity index (χ2v) is 5.80. The number of aromatic nitrogens is 1. The Hall–Kier alpha value is -1.33. The van der Waals surface area contributed by atoms with Gasteiger partial charge in [0, 0.05) is 12.2 Å². The third-order valence-corrected chi connectivity index (χ3v) is 3.91. The topological polar surface area (TPSA) is 48.3 Å². The molecule has 96 valence electrons. The van der Waals surface area contributed by atoms with Crippen LogP contribution in [0.3, 0.4) is 0 Å². The van der Waals surface area contributed by atoms with Gasteiger partial charge < -0.3 is 9.30 Å². The molecule has 0 aliphatic rings. The Morgan fingerprint density at radius 2 is 2.17 bits per heavy atom. The Kier molecular flexibility index (Phi) is 3.45. The van der Waals surface area contributed by atoms with Crippen LogP contribution in [-0.4, -0.2) is 17.6 Å². The molecule has 2 aromatic heterocycles. The fourth-order valence-electron chi connectivity index (χ4n) is 1.75. The van der Waals surface area contributed by atoms with Crippen molar-refractivity contribution in [1.82, 2.24) is 4.57 Å². The second kappa shape index (κ2) is 4.74. The summed E-state index contributed by atoms with van der Waals surface area (Å²) in [6.07, 6.45) is 1.54. The van der Waals surface area contributed by atoms with Crippen LogP contribution in [0.15, 0.2) is 17.1 Å². The minimum Gasteiger partial charge on any atom is -0.465 e. The lowest BCUT2D eigenvalue weighted by molar-refractivity contribution is 0.0598. The molecule has 2 heterocycles. The first kappa shape index (κ1) is 13.1. The van der Waals surface area contributed by atoms with Crippen molar-refractivity contribution >= 4 is 39.1 Å². The smallest absolute Gasteiger partial charge is 0.343 e. The van der Waals surface area contributed by atoms with Crippen molar-refractivity contribution < 1.29 is 9.53 Å². The molecule has 0 radical (unpaired) electrons. The van der Waals surface area contributed by atoms with E-state index in [0.717, 1.165) is 4.83 Å². The minimum atomic E-state index is -0.626. The summed E-state index contributed by atoms with van der Waals surface area (Å²) in [6.45, 7) is 3.94. The summed E-state index contributed by atoms with van der Waals surface area (Å²) >= 11 is 7.27. The number of hydrogen-bond donors (Lipinski definition) is 0. The number of carbonyl (C=O) groups is 1. The van der Waals surface area contributed by atoms with Gasteiger partial charge in [0.2, 0.25) is 5.43 Å². The van der Waals surface area contributed by atoms with Crippen LogP contribution in [0.25, 0.3) is 10.2 Å². The van der Waals surface area contributed by atoms with Crippen molar-refractivity contribution in [1.29, 1.82) is 0 Å². The molecule has 0 saturated heterocycles. The Morgan fingerprint density at radius 3 is 2.72 bits per heavy atom. The predicted octanol–water partition coefficient (Wildman–Crippen LogP) is 3.08. The fourth-order valence-corrected chi connectivity index (χ4v) is 3.07. The van der Waals surface area contributed by atoms with Gasteiger partial charge in [-0.2, -0.15) is 0 Å². The van der Waals surface area contributed by atoms with E-state index in [1.165, 1.54) is 24.6 Å². The van der Waals surface area contributed by atoms with E-state index in [0.29, 0.717) is 9.72 Å². The molecule has 4 nitrogen and oxygen atoms in total. The molecular formula is C12H12ClNO3S. The van der Waals surface area contributed by atoms with E-state index in [4.69, 9.17) is 11.6 Å². The van der Waals surface area contributed by atoms with E-state index in [1.54, 1.807) is 6.07 Å². The van der Waals surface area contributed by atoms with Gasteiger partial charge in [-0.1, -0.05) is 11.6 Å². The van der Waals surface area contributed by atoms with Gasteiger partial charge in [0.1, 0.15) is 10.4 Å². The van der Waals surface area contributed by atoms with Gasteiger partial charge in [0.25, 0.3) is 0 Å². The van der Waals surface area contributed by atoms with Gasteiger partial charge in [0.15, 0.2) is 0 Å². The number of thiophene rings is 1. The summed E-state index contributed by atoms with van der Waals surface area (Å²) in [5.74, 6) is -0.626. The van der Waals surface area contributed by atoms with Crippen molar-refractivity contribution in [2.75, 3.05) is 7.11 Å². The molecule has 2 rings (SSSR count). The molecule has 2 aromatic rings. The highest BCUT2D eigenvalue weighted by molar-refractivity contribution is 7.22. The van der Waals surface area contributed by atoms with Gasteiger partial charge in [-0.15, -0.1) is 11.3 Å². The number of nitrogens with zero attached hydrogens (tertiary/aromatic N) is 1. The Labute approximate surface area is 113 Å². The molecule has 0 amide bonds. The SMILES string of the molecule is COC(=O)c1cn(C(C)C)c2sc(Cl)cc2c1=O. The zero-order valence-corrected chi connectivity index (χ0v) is 11.8. The molecule has 0 atom stereocenters. The molecule has 0 spiro atoms. The summed E-state index contributed by atoms with van der Waals surface area (Å²) in [4.78, 5) is 24.5. The van der Waals surface area contributed by atoms with E-state index in [2.05, 4.69) is 4.74 Å². The average Bonchev–Trinajstić information content (AvgIpc) is 2.70. The highest BCUT2D eigenvalue weighted by Crippen LogP contribution is 2.29. The quantitative estimate of drug-likeness (QED) is 0.797. The third-order valence-electron chi connectivity index (χ3n) is 2.64. The van der Waals surface area contributed by atoms with Crippen LogP contribution in [0.4, 0.5) is 0 Å². The van der Waals surface area contributed by atoms with Crippen molar-refractivity contribution in [2.45, 2.75) is 19.9 Å². The zero-order valence-electron chi connectivity index (χ0n) is 10.2. The van der Waals surface area contributed by atoms with Crippen LogP contribution in [-0.2, 0) is 4.74 Å². The molecule has 0 fully saturated rings. The maximum absolute atomic E-state index is 12.2. The molecule has 18 heavy (non-hydrogen) atoms. The number of rotatable bonds is 2. The zero-order chi connectivity index (χ0) is 13.4. The lowest BCUT2D eigenvalue weighted by atomic mass is 10.2. The van der Waals surface area contributed by atoms with Crippen molar-refractivity contribution in [3.63, 3.8) is 0 Å². The van der Waals surface area contributed by atoms with Gasteiger partial charge >= 0.3 is 5.97 Å². The van der Waals surface area contributed by atoms with E-state index in [1.807, 2.05) is 18.4 Å². The van der Waals surface area contributed by atoms with Crippen LogP contribution in [0.1, 0.15) is 30.2 Å². The third kappa shape index (κ3) is 2.04. The van der Waals surface area contributed by atoms with Gasteiger partial charge in [-0.05, 0) is 19.9 Å². The molecule has 0 aliphatic heterocycles. The number of halogens is 1. The predicted molar refractivity (Wildman–Crippen MR) is 72.8 cm³/mol. The number of fused-ring (bicyclic) bond motifs is 1. The number of hydrogen-bond acceptors (Lipinski definition) is 4. The van der Waals surface area contributed by atoms with Gasteiger partial charge in [0.05, 0.1) is 16.8 Å². The van der Waals surface area contributed by atoms with Crippen molar-refractivity contribution in [3.05, 3.63) is 32.4 Å².